The van der Waals surface area contributed by atoms with Gasteiger partial charge < -0.3 is 4.90 Å². The van der Waals surface area contributed by atoms with E-state index in [0.29, 0.717) is 6.54 Å². The number of hydrogen-bond donors (Lipinski definition) is 0. The highest BCUT2D eigenvalue weighted by Gasteiger charge is 2.18. The molecule has 14 heavy (non-hydrogen) atoms. The van der Waals surface area contributed by atoms with Crippen LogP contribution < -0.4 is 0 Å². The van der Waals surface area contributed by atoms with E-state index >= 15 is 0 Å². The molecule has 0 amide bonds. The molecule has 1 aliphatic rings. The molecule has 1 heterocycles. The molecule has 1 atom stereocenters. The Hall–Kier alpha value is -0.410. The van der Waals surface area contributed by atoms with Crippen molar-refractivity contribution in [2.75, 3.05) is 40.3 Å². The van der Waals surface area contributed by atoms with Crippen LogP contribution in [0.1, 0.15) is 19.8 Å². The Morgan fingerprint density at radius 2 is 2.29 bits per heavy atom. The smallest absolute Gasteiger partial charge is 0.143 e. The second-order valence-electron chi connectivity index (χ2n) is 4.67. The topological polar surface area (TPSA) is 23.6 Å². The molecule has 1 aliphatic heterocycles. The molecule has 82 valence electrons. The van der Waals surface area contributed by atoms with Crippen LogP contribution in [0.2, 0.25) is 0 Å². The maximum absolute atomic E-state index is 10.9. The van der Waals surface area contributed by atoms with E-state index in [9.17, 15) is 4.79 Å². The molecule has 0 radical (unpaired) electrons. The lowest BCUT2D eigenvalue weighted by molar-refractivity contribution is -0.118. The normalized spacial score (nSPS) is 24.1. The summed E-state index contributed by atoms with van der Waals surface area (Å²) in [5, 5.41) is 0. The van der Waals surface area contributed by atoms with Crippen LogP contribution in [0.25, 0.3) is 0 Å². The third-order valence-corrected chi connectivity index (χ3v) is 2.78. The summed E-state index contributed by atoms with van der Waals surface area (Å²) in [6.45, 7) is 5.72. The number of carbonyl (C=O) groups excluding carboxylic acids is 1. The number of likely N-dealkylation sites (N-methyl/N-ethyl adjacent to an activating group) is 1. The summed E-state index contributed by atoms with van der Waals surface area (Å²) >= 11 is 0. The molecule has 1 saturated heterocycles. The van der Waals surface area contributed by atoms with E-state index in [-0.39, 0.29) is 5.78 Å². The largest absolute Gasteiger partial charge is 0.306 e. The Bertz CT molecular complexity index is 194. The highest BCUT2D eigenvalue weighted by atomic mass is 16.1. The van der Waals surface area contributed by atoms with Gasteiger partial charge in [0.15, 0.2) is 0 Å². The lowest BCUT2D eigenvalue weighted by Gasteiger charge is -2.32. The van der Waals surface area contributed by atoms with E-state index < -0.39 is 0 Å². The van der Waals surface area contributed by atoms with Gasteiger partial charge >= 0.3 is 0 Å². The van der Waals surface area contributed by atoms with Crippen LogP contribution in [-0.2, 0) is 4.79 Å². The molecule has 3 heteroatoms. The van der Waals surface area contributed by atoms with E-state index in [2.05, 4.69) is 16.8 Å². The zero-order valence-electron chi connectivity index (χ0n) is 9.62. The lowest BCUT2D eigenvalue weighted by atomic mass is 9.98. The molecular weight excluding hydrogens is 176 g/mol. The zero-order chi connectivity index (χ0) is 10.6. The summed E-state index contributed by atoms with van der Waals surface area (Å²) in [4.78, 5) is 15.4. The van der Waals surface area contributed by atoms with Crippen molar-refractivity contribution in [3.8, 4) is 0 Å². The van der Waals surface area contributed by atoms with E-state index in [1.54, 1.807) is 6.92 Å². The fraction of sp³-hybridized carbons (Fsp3) is 0.909. The monoisotopic (exact) mass is 198 g/mol. The van der Waals surface area contributed by atoms with Crippen LogP contribution in [-0.4, -0.2) is 55.9 Å². The van der Waals surface area contributed by atoms with E-state index in [0.717, 1.165) is 12.5 Å². The summed E-state index contributed by atoms with van der Waals surface area (Å²) in [6, 6.07) is 0. The molecule has 0 aliphatic carbocycles. The quantitative estimate of drug-likeness (QED) is 0.669. The second kappa shape index (κ2) is 5.47. The minimum Gasteiger partial charge on any atom is -0.306 e. The predicted molar refractivity (Wildman–Crippen MR) is 58.4 cm³/mol. The Morgan fingerprint density at radius 3 is 2.86 bits per heavy atom. The number of nitrogens with zero attached hydrogens (tertiary/aromatic N) is 2. The van der Waals surface area contributed by atoms with Gasteiger partial charge in [-0.05, 0) is 46.3 Å². The molecule has 0 aromatic heterocycles. The maximum Gasteiger partial charge on any atom is 0.143 e. The molecule has 0 aromatic rings. The second-order valence-corrected chi connectivity index (χ2v) is 4.67. The number of carbonyl (C=O) groups is 1. The summed E-state index contributed by atoms with van der Waals surface area (Å²) in [7, 11) is 4.22. The Morgan fingerprint density at radius 1 is 1.57 bits per heavy atom. The third-order valence-electron chi connectivity index (χ3n) is 2.78. The van der Waals surface area contributed by atoms with Gasteiger partial charge in [0.05, 0.1) is 6.54 Å². The number of likely N-dealkylation sites (tertiary alicyclic amines) is 1. The Balaban J connectivity index is 2.25. The highest BCUT2D eigenvalue weighted by Crippen LogP contribution is 2.15. The van der Waals surface area contributed by atoms with Gasteiger partial charge in [-0.3, -0.25) is 9.69 Å². The van der Waals surface area contributed by atoms with Crippen molar-refractivity contribution in [1.82, 2.24) is 9.80 Å². The van der Waals surface area contributed by atoms with Crippen LogP contribution in [0.4, 0.5) is 0 Å². The first kappa shape index (κ1) is 11.7. The fourth-order valence-corrected chi connectivity index (χ4v) is 2.31. The van der Waals surface area contributed by atoms with Crippen LogP contribution in [0.15, 0.2) is 0 Å². The van der Waals surface area contributed by atoms with Gasteiger partial charge in [0.1, 0.15) is 5.78 Å². The van der Waals surface area contributed by atoms with Crippen molar-refractivity contribution in [2.24, 2.45) is 5.92 Å². The number of Topliss-reactive ketones (excluding diaryl/α,β-unsaturated/α-hetero) is 1. The molecule has 0 spiro atoms. The van der Waals surface area contributed by atoms with Crippen molar-refractivity contribution in [1.29, 1.82) is 0 Å². The molecule has 0 N–H and O–H groups in total. The summed E-state index contributed by atoms with van der Waals surface area (Å²) in [5.41, 5.74) is 0. The molecule has 0 bridgehead atoms. The van der Waals surface area contributed by atoms with Gasteiger partial charge in [-0.1, -0.05) is 0 Å². The average Bonchev–Trinajstić information content (AvgIpc) is 2.01. The zero-order valence-corrected chi connectivity index (χ0v) is 9.62. The minimum atomic E-state index is 0.261. The van der Waals surface area contributed by atoms with E-state index in [4.69, 9.17) is 0 Å². The molecule has 1 rings (SSSR count). The van der Waals surface area contributed by atoms with Gasteiger partial charge in [0, 0.05) is 13.1 Å². The maximum atomic E-state index is 10.9. The third kappa shape index (κ3) is 4.20. The first-order valence-corrected chi connectivity index (χ1v) is 5.44. The Labute approximate surface area is 87.1 Å². The number of rotatable bonds is 4. The summed E-state index contributed by atoms with van der Waals surface area (Å²) < 4.78 is 0. The SMILES string of the molecule is CC(=O)CN(C)CC1CCCN(C)C1. The number of piperidine rings is 1. The number of hydrogen-bond acceptors (Lipinski definition) is 3. The van der Waals surface area contributed by atoms with Crippen LogP contribution in [0, 0.1) is 5.92 Å². The first-order chi connectivity index (χ1) is 6.58. The van der Waals surface area contributed by atoms with Crippen LogP contribution in [0.5, 0.6) is 0 Å². The summed E-state index contributed by atoms with van der Waals surface area (Å²) in [6.07, 6.45) is 2.61. The molecule has 1 fully saturated rings. The average molecular weight is 198 g/mol. The van der Waals surface area contributed by atoms with E-state index in [1.165, 1.54) is 25.9 Å². The van der Waals surface area contributed by atoms with Gasteiger partial charge in [0.25, 0.3) is 0 Å². The highest BCUT2D eigenvalue weighted by molar-refractivity contribution is 5.77. The van der Waals surface area contributed by atoms with Crippen molar-refractivity contribution in [3.63, 3.8) is 0 Å². The predicted octanol–water partition coefficient (Wildman–Crippen LogP) is 0.849. The van der Waals surface area contributed by atoms with Gasteiger partial charge in [-0.25, -0.2) is 0 Å². The molecule has 1 unspecified atom stereocenters. The van der Waals surface area contributed by atoms with Crippen LogP contribution in [0.3, 0.4) is 0 Å². The minimum absolute atomic E-state index is 0.261. The van der Waals surface area contributed by atoms with Crippen molar-refractivity contribution < 1.29 is 4.79 Å². The van der Waals surface area contributed by atoms with Gasteiger partial charge in [-0.2, -0.15) is 0 Å². The van der Waals surface area contributed by atoms with Crippen LogP contribution >= 0.6 is 0 Å². The van der Waals surface area contributed by atoms with Gasteiger partial charge in [-0.15, -0.1) is 0 Å². The number of ketones is 1. The van der Waals surface area contributed by atoms with E-state index in [1.807, 2.05) is 7.05 Å². The first-order valence-electron chi connectivity index (χ1n) is 5.44. The lowest BCUT2D eigenvalue weighted by Crippen LogP contribution is -2.39. The van der Waals surface area contributed by atoms with Crippen molar-refractivity contribution in [3.05, 3.63) is 0 Å². The Kier molecular flexibility index (Phi) is 4.55. The van der Waals surface area contributed by atoms with Crippen molar-refractivity contribution in [2.45, 2.75) is 19.8 Å². The van der Waals surface area contributed by atoms with Gasteiger partial charge in [0.2, 0.25) is 0 Å². The fourth-order valence-electron chi connectivity index (χ4n) is 2.31. The van der Waals surface area contributed by atoms with Crippen molar-refractivity contribution >= 4 is 5.78 Å². The molecular formula is C11H22N2O. The molecule has 0 aromatic carbocycles. The molecule has 3 nitrogen and oxygen atoms in total. The molecule has 0 saturated carbocycles. The standard InChI is InChI=1S/C11H22N2O/c1-10(14)7-13(3)9-11-5-4-6-12(2)8-11/h11H,4-9H2,1-3H3. The summed E-state index contributed by atoms with van der Waals surface area (Å²) in [5.74, 6) is 1.01.